The van der Waals surface area contributed by atoms with Gasteiger partial charge < -0.3 is 19.4 Å². The molecule has 1 aromatic heterocycles. The number of aromatic nitrogens is 1. The van der Waals surface area contributed by atoms with Gasteiger partial charge in [0.25, 0.3) is 5.56 Å². The first-order chi connectivity index (χ1) is 9.11. The van der Waals surface area contributed by atoms with Crippen molar-refractivity contribution < 1.29 is 14.8 Å². The minimum Gasteiger partial charge on any atom is -0.497 e. The summed E-state index contributed by atoms with van der Waals surface area (Å²) in [6.45, 7) is 0.254. The maximum Gasteiger partial charge on any atom is 0.488 e. The zero-order chi connectivity index (χ0) is 13.8. The van der Waals surface area contributed by atoms with Crippen molar-refractivity contribution in [2.75, 3.05) is 7.11 Å². The first-order valence-corrected chi connectivity index (χ1v) is 5.80. The van der Waals surface area contributed by atoms with Gasteiger partial charge in [0.1, 0.15) is 5.75 Å². The Kier molecular flexibility index (Phi) is 4.04. The molecule has 5 nitrogen and oxygen atoms in total. The van der Waals surface area contributed by atoms with E-state index in [9.17, 15) is 14.8 Å². The van der Waals surface area contributed by atoms with E-state index in [-0.39, 0.29) is 12.1 Å². The van der Waals surface area contributed by atoms with Crippen LogP contribution in [0.1, 0.15) is 5.56 Å². The fraction of sp³-hybridized carbons (Fsp3) is 0.154. The Bertz CT molecular complexity index is 624. The maximum absolute atomic E-state index is 11.7. The summed E-state index contributed by atoms with van der Waals surface area (Å²) >= 11 is 0. The molecule has 2 rings (SSSR count). The Labute approximate surface area is 110 Å². The highest BCUT2D eigenvalue weighted by atomic mass is 16.5. The maximum atomic E-state index is 11.7. The second kappa shape index (κ2) is 5.73. The van der Waals surface area contributed by atoms with Crippen LogP contribution in [0.15, 0.2) is 47.4 Å². The second-order valence-electron chi connectivity index (χ2n) is 4.11. The average molecular weight is 259 g/mol. The minimum atomic E-state index is -1.58. The quantitative estimate of drug-likeness (QED) is 0.732. The fourth-order valence-corrected chi connectivity index (χ4v) is 1.87. The molecule has 0 radical (unpaired) electrons. The predicted molar refractivity (Wildman–Crippen MR) is 72.6 cm³/mol. The van der Waals surface area contributed by atoms with Gasteiger partial charge in [0, 0.05) is 12.3 Å². The van der Waals surface area contributed by atoms with Gasteiger partial charge in [0.2, 0.25) is 0 Å². The summed E-state index contributed by atoms with van der Waals surface area (Å²) in [4.78, 5) is 11.7. The monoisotopic (exact) mass is 259 g/mol. The third-order valence-electron chi connectivity index (χ3n) is 2.87. The van der Waals surface area contributed by atoms with Gasteiger partial charge in [-0.25, -0.2) is 0 Å². The smallest absolute Gasteiger partial charge is 0.488 e. The number of rotatable bonds is 4. The first kappa shape index (κ1) is 13.4. The van der Waals surface area contributed by atoms with E-state index in [2.05, 4.69) is 0 Å². The largest absolute Gasteiger partial charge is 0.497 e. The molecule has 98 valence electrons. The van der Waals surface area contributed by atoms with Crippen molar-refractivity contribution in [2.24, 2.45) is 0 Å². The molecule has 0 spiro atoms. The molecule has 1 heterocycles. The van der Waals surface area contributed by atoms with Crippen LogP contribution in [0.25, 0.3) is 0 Å². The number of ether oxygens (including phenoxy) is 1. The number of nitrogens with zero attached hydrogens (tertiary/aromatic N) is 1. The lowest BCUT2D eigenvalue weighted by atomic mass is 9.77. The molecule has 0 aliphatic carbocycles. The summed E-state index contributed by atoms with van der Waals surface area (Å²) in [6.07, 6.45) is 1.65. The molecule has 0 fully saturated rings. The van der Waals surface area contributed by atoms with Crippen LogP contribution in [0.3, 0.4) is 0 Å². The Morgan fingerprint density at radius 2 is 2.05 bits per heavy atom. The van der Waals surface area contributed by atoms with Crippen molar-refractivity contribution in [3.8, 4) is 5.75 Å². The SMILES string of the molecule is COc1ccc(B(O)O)c(Cn2ccccc2=O)c1. The van der Waals surface area contributed by atoms with Crippen LogP contribution < -0.4 is 15.8 Å². The van der Waals surface area contributed by atoms with Gasteiger partial charge in [-0.15, -0.1) is 0 Å². The molecule has 0 saturated heterocycles. The van der Waals surface area contributed by atoms with Gasteiger partial charge in [-0.05, 0) is 29.2 Å². The van der Waals surface area contributed by atoms with Crippen LogP contribution in [-0.4, -0.2) is 28.8 Å². The van der Waals surface area contributed by atoms with Crippen molar-refractivity contribution in [3.63, 3.8) is 0 Å². The molecule has 0 bridgehead atoms. The molecule has 0 amide bonds. The third kappa shape index (κ3) is 3.04. The van der Waals surface area contributed by atoms with Gasteiger partial charge >= 0.3 is 7.12 Å². The average Bonchev–Trinajstić information content (AvgIpc) is 2.41. The summed E-state index contributed by atoms with van der Waals surface area (Å²) in [5.74, 6) is 0.600. The number of hydrogen-bond donors (Lipinski definition) is 2. The zero-order valence-electron chi connectivity index (χ0n) is 10.5. The number of hydrogen-bond acceptors (Lipinski definition) is 4. The number of methoxy groups -OCH3 is 1. The summed E-state index contributed by atoms with van der Waals surface area (Å²) in [7, 11) is -0.0524. The molecule has 0 aliphatic rings. The van der Waals surface area contributed by atoms with Gasteiger partial charge in [0.05, 0.1) is 13.7 Å². The second-order valence-corrected chi connectivity index (χ2v) is 4.11. The van der Waals surface area contributed by atoms with Crippen molar-refractivity contribution >= 4 is 12.6 Å². The fourth-order valence-electron chi connectivity index (χ4n) is 1.87. The summed E-state index contributed by atoms with van der Waals surface area (Å²) in [5, 5.41) is 18.7. The van der Waals surface area contributed by atoms with Crippen LogP contribution in [0.4, 0.5) is 0 Å². The standard InChI is InChI=1S/C13H14BNO4/c1-19-11-5-6-12(14(17)18)10(8-11)9-15-7-3-2-4-13(15)16/h2-8,17-18H,9H2,1H3. The molecule has 2 N–H and O–H groups in total. The van der Waals surface area contributed by atoms with Crippen LogP contribution >= 0.6 is 0 Å². The van der Waals surface area contributed by atoms with Gasteiger partial charge in [-0.2, -0.15) is 0 Å². The Morgan fingerprint density at radius 1 is 1.26 bits per heavy atom. The Balaban J connectivity index is 2.43. The molecule has 2 aromatic rings. The van der Waals surface area contributed by atoms with Crippen molar-refractivity contribution in [1.82, 2.24) is 4.57 Å². The lowest BCUT2D eigenvalue weighted by Crippen LogP contribution is -2.34. The van der Waals surface area contributed by atoms with E-state index in [1.807, 2.05) is 0 Å². The van der Waals surface area contributed by atoms with Crippen LogP contribution in [-0.2, 0) is 6.54 Å². The summed E-state index contributed by atoms with van der Waals surface area (Å²) in [5.41, 5.74) is 0.836. The van der Waals surface area contributed by atoms with Crippen molar-refractivity contribution in [3.05, 3.63) is 58.5 Å². The van der Waals surface area contributed by atoms with Crippen molar-refractivity contribution in [2.45, 2.75) is 6.54 Å². The van der Waals surface area contributed by atoms with E-state index in [0.717, 1.165) is 0 Å². The lowest BCUT2D eigenvalue weighted by Gasteiger charge is -2.12. The highest BCUT2D eigenvalue weighted by Crippen LogP contribution is 2.12. The van der Waals surface area contributed by atoms with Gasteiger partial charge in [-0.1, -0.05) is 12.1 Å². The van der Waals surface area contributed by atoms with Crippen LogP contribution in [0, 0.1) is 0 Å². The van der Waals surface area contributed by atoms with E-state index < -0.39 is 7.12 Å². The molecule has 0 aliphatic heterocycles. The normalized spacial score (nSPS) is 10.3. The zero-order valence-corrected chi connectivity index (χ0v) is 10.5. The van der Waals surface area contributed by atoms with E-state index in [1.54, 1.807) is 36.5 Å². The molecule has 0 unspecified atom stereocenters. The highest BCUT2D eigenvalue weighted by Gasteiger charge is 2.17. The molecular formula is C13H14BNO4. The lowest BCUT2D eigenvalue weighted by molar-refractivity contribution is 0.413. The van der Waals surface area contributed by atoms with E-state index in [4.69, 9.17) is 4.74 Å². The molecule has 6 heteroatoms. The minimum absolute atomic E-state index is 0.149. The molecule has 0 atom stereocenters. The highest BCUT2D eigenvalue weighted by molar-refractivity contribution is 6.59. The Hall–Kier alpha value is -2.05. The van der Waals surface area contributed by atoms with Crippen LogP contribution in [0.5, 0.6) is 5.75 Å². The van der Waals surface area contributed by atoms with E-state index in [0.29, 0.717) is 16.8 Å². The molecular weight excluding hydrogens is 245 g/mol. The predicted octanol–water partition coefficient (Wildman–Crippen LogP) is -0.415. The van der Waals surface area contributed by atoms with Gasteiger partial charge in [0.15, 0.2) is 0 Å². The van der Waals surface area contributed by atoms with Crippen LogP contribution in [0.2, 0.25) is 0 Å². The van der Waals surface area contributed by atoms with E-state index >= 15 is 0 Å². The molecule has 0 saturated carbocycles. The topological polar surface area (TPSA) is 71.7 Å². The van der Waals surface area contributed by atoms with Crippen molar-refractivity contribution in [1.29, 1.82) is 0 Å². The van der Waals surface area contributed by atoms with Gasteiger partial charge in [-0.3, -0.25) is 4.79 Å². The number of pyridine rings is 1. The van der Waals surface area contributed by atoms with E-state index in [1.165, 1.54) is 17.7 Å². The Morgan fingerprint density at radius 3 is 2.68 bits per heavy atom. The summed E-state index contributed by atoms with van der Waals surface area (Å²) < 4.78 is 6.59. The molecule has 19 heavy (non-hydrogen) atoms. The molecule has 1 aromatic carbocycles. The number of benzene rings is 1. The first-order valence-electron chi connectivity index (χ1n) is 5.80. The summed E-state index contributed by atoms with van der Waals surface area (Å²) in [6, 6.07) is 9.77. The third-order valence-corrected chi connectivity index (χ3v) is 2.87.